The molecule has 16 heavy (non-hydrogen) atoms. The van der Waals surface area contributed by atoms with E-state index in [-0.39, 0.29) is 12.8 Å². The zero-order valence-corrected chi connectivity index (χ0v) is 8.62. The highest BCUT2D eigenvalue weighted by atomic mass is 19.1. The van der Waals surface area contributed by atoms with Crippen molar-refractivity contribution in [2.75, 3.05) is 13.3 Å². The van der Waals surface area contributed by atoms with Crippen molar-refractivity contribution in [3.63, 3.8) is 0 Å². The van der Waals surface area contributed by atoms with Gasteiger partial charge in [0.1, 0.15) is 19.4 Å². The van der Waals surface area contributed by atoms with E-state index in [1.807, 2.05) is 0 Å². The first-order valence-corrected chi connectivity index (χ1v) is 4.66. The highest BCUT2D eigenvalue weighted by molar-refractivity contribution is 6.26. The van der Waals surface area contributed by atoms with Gasteiger partial charge in [-0.3, -0.25) is 9.59 Å². The van der Waals surface area contributed by atoms with Crippen LogP contribution in [0.2, 0.25) is 0 Å². The quantitative estimate of drug-likeness (QED) is 0.464. The van der Waals surface area contributed by atoms with Crippen LogP contribution in [0, 0.1) is 5.41 Å². The fourth-order valence-corrected chi connectivity index (χ4v) is 0.844. The Hall–Kier alpha value is -1.37. The predicted octanol–water partition coefficient (Wildman–Crippen LogP) is 0.163. The van der Waals surface area contributed by atoms with Gasteiger partial charge in [0.25, 0.3) is 0 Å². The fourth-order valence-electron chi connectivity index (χ4n) is 0.844. The largest absolute Gasteiger partial charge is 0.456 e. The van der Waals surface area contributed by atoms with Gasteiger partial charge in [-0.2, -0.15) is 0 Å². The number of halogens is 2. The van der Waals surface area contributed by atoms with Crippen molar-refractivity contribution in [1.82, 2.24) is 0 Å². The van der Waals surface area contributed by atoms with E-state index in [0.717, 1.165) is 0 Å². The highest BCUT2D eigenvalue weighted by Crippen LogP contribution is 2.02. The molecule has 1 atom stereocenters. The molecule has 0 rings (SSSR count). The van der Waals surface area contributed by atoms with Gasteiger partial charge in [0.05, 0.1) is 6.21 Å². The summed E-state index contributed by atoms with van der Waals surface area (Å²) in [6, 6.07) is -1.11. The van der Waals surface area contributed by atoms with Gasteiger partial charge in [-0.15, -0.1) is 0 Å². The maximum atomic E-state index is 12.0. The molecule has 0 radical (unpaired) electrons. The lowest BCUT2D eigenvalue weighted by molar-refractivity contribution is -0.152. The maximum absolute atomic E-state index is 12.0. The normalized spacial score (nSPS) is 12.2. The van der Waals surface area contributed by atoms with Gasteiger partial charge in [0.15, 0.2) is 11.9 Å². The molecule has 0 spiro atoms. The van der Waals surface area contributed by atoms with E-state index in [9.17, 15) is 18.4 Å². The van der Waals surface area contributed by atoms with Gasteiger partial charge >= 0.3 is 5.97 Å². The number of ketones is 1. The van der Waals surface area contributed by atoms with Gasteiger partial charge < -0.3 is 15.9 Å². The molecule has 0 heterocycles. The van der Waals surface area contributed by atoms with Crippen LogP contribution in [-0.2, 0) is 14.3 Å². The predicted molar refractivity (Wildman–Crippen MR) is 52.8 cm³/mol. The van der Waals surface area contributed by atoms with Crippen molar-refractivity contribution in [2.24, 2.45) is 5.73 Å². The topological polar surface area (TPSA) is 93.2 Å². The monoisotopic (exact) mass is 236 g/mol. The zero-order valence-electron chi connectivity index (χ0n) is 8.62. The van der Waals surface area contributed by atoms with E-state index in [1.165, 1.54) is 0 Å². The summed E-state index contributed by atoms with van der Waals surface area (Å²) in [5.74, 6) is -1.42. The van der Waals surface area contributed by atoms with Crippen LogP contribution in [0.5, 0.6) is 0 Å². The number of alkyl halides is 2. The lowest BCUT2D eigenvalue weighted by atomic mass is 10.1. The van der Waals surface area contributed by atoms with Crippen LogP contribution in [0.4, 0.5) is 8.78 Å². The molecular formula is C9H14F2N2O3. The summed E-state index contributed by atoms with van der Waals surface area (Å²) >= 11 is 0. The molecule has 0 aliphatic rings. The van der Waals surface area contributed by atoms with Crippen LogP contribution in [0.1, 0.15) is 12.8 Å². The molecule has 0 aliphatic heterocycles. The molecular weight excluding hydrogens is 222 g/mol. The minimum absolute atomic E-state index is 0.0155. The van der Waals surface area contributed by atoms with Crippen molar-refractivity contribution >= 4 is 18.0 Å². The Labute approximate surface area is 91.5 Å². The molecule has 0 unspecified atom stereocenters. The standard InChI is InChI=1S/C9H14F2N2O3/c10-3-7(4-11)16-9(15)8(13)2-1-6(14)5-12/h5,7-8,12H,1-4,13H2/t8-/m0/s1. The summed E-state index contributed by atoms with van der Waals surface area (Å²) in [6.45, 7) is -2.23. The minimum atomic E-state index is -1.43. The van der Waals surface area contributed by atoms with E-state index >= 15 is 0 Å². The average molecular weight is 236 g/mol. The van der Waals surface area contributed by atoms with Crippen molar-refractivity contribution in [1.29, 1.82) is 5.41 Å². The number of esters is 1. The molecule has 7 heteroatoms. The molecule has 0 saturated heterocycles. The Morgan fingerprint density at radius 3 is 2.38 bits per heavy atom. The molecule has 0 aromatic carbocycles. The van der Waals surface area contributed by atoms with Gasteiger partial charge in [0, 0.05) is 6.42 Å². The second-order valence-electron chi connectivity index (χ2n) is 3.12. The van der Waals surface area contributed by atoms with E-state index < -0.39 is 37.2 Å². The zero-order chi connectivity index (χ0) is 12.6. The van der Waals surface area contributed by atoms with Gasteiger partial charge in [0.2, 0.25) is 0 Å². The lowest BCUT2D eigenvalue weighted by Gasteiger charge is -2.14. The van der Waals surface area contributed by atoms with Crippen molar-refractivity contribution in [3.05, 3.63) is 0 Å². The van der Waals surface area contributed by atoms with Crippen LogP contribution in [0.25, 0.3) is 0 Å². The Bertz CT molecular complexity index is 257. The van der Waals surface area contributed by atoms with E-state index in [4.69, 9.17) is 11.1 Å². The van der Waals surface area contributed by atoms with Crippen LogP contribution in [0.15, 0.2) is 0 Å². The molecule has 0 aliphatic carbocycles. The maximum Gasteiger partial charge on any atom is 0.323 e. The molecule has 0 saturated carbocycles. The summed E-state index contributed by atoms with van der Waals surface area (Å²) in [7, 11) is 0. The Morgan fingerprint density at radius 1 is 1.38 bits per heavy atom. The second-order valence-corrected chi connectivity index (χ2v) is 3.12. The van der Waals surface area contributed by atoms with Crippen molar-refractivity contribution in [3.8, 4) is 0 Å². The van der Waals surface area contributed by atoms with E-state index in [2.05, 4.69) is 4.74 Å². The molecule has 0 amide bonds. The van der Waals surface area contributed by atoms with Gasteiger partial charge in [-0.05, 0) is 6.42 Å². The Kier molecular flexibility index (Phi) is 7.19. The third kappa shape index (κ3) is 5.50. The number of carbonyl (C=O) groups excluding carboxylic acids is 2. The molecule has 5 nitrogen and oxygen atoms in total. The first-order chi connectivity index (χ1) is 7.54. The molecule has 92 valence electrons. The highest BCUT2D eigenvalue weighted by Gasteiger charge is 2.20. The average Bonchev–Trinajstić information content (AvgIpc) is 2.31. The first kappa shape index (κ1) is 14.6. The Balaban J connectivity index is 3.98. The van der Waals surface area contributed by atoms with E-state index in [1.54, 1.807) is 0 Å². The number of nitrogens with one attached hydrogen (secondary N) is 1. The molecule has 3 N–H and O–H groups in total. The lowest BCUT2D eigenvalue weighted by Crippen LogP contribution is -2.36. The summed E-state index contributed by atoms with van der Waals surface area (Å²) < 4.78 is 28.4. The molecule has 0 bridgehead atoms. The summed E-state index contributed by atoms with van der Waals surface area (Å²) in [5.41, 5.74) is 5.33. The SMILES string of the molecule is N=CC(=O)CC[C@H](N)C(=O)OC(CF)CF. The third-order valence-electron chi connectivity index (χ3n) is 1.79. The van der Waals surface area contributed by atoms with Crippen LogP contribution >= 0.6 is 0 Å². The molecule has 0 aromatic rings. The van der Waals surface area contributed by atoms with Crippen LogP contribution in [0.3, 0.4) is 0 Å². The number of rotatable bonds is 8. The second kappa shape index (κ2) is 7.86. The molecule has 0 fully saturated rings. The number of Topliss-reactive ketones (excluding diaryl/α,β-unsaturated/α-hetero) is 1. The van der Waals surface area contributed by atoms with Crippen molar-refractivity contribution < 1.29 is 23.1 Å². The third-order valence-corrected chi connectivity index (χ3v) is 1.79. The molecule has 0 aromatic heterocycles. The number of hydrogen-bond acceptors (Lipinski definition) is 5. The number of hydrogen-bond donors (Lipinski definition) is 2. The minimum Gasteiger partial charge on any atom is -0.456 e. The number of carbonyl (C=O) groups is 2. The number of ether oxygens (including phenoxy) is 1. The summed E-state index contributed by atoms with van der Waals surface area (Å²) in [6.07, 6.45) is -0.908. The first-order valence-electron chi connectivity index (χ1n) is 4.66. The number of nitrogens with two attached hydrogens (primary N) is 1. The summed E-state index contributed by atoms with van der Waals surface area (Å²) in [5, 5.41) is 6.60. The summed E-state index contributed by atoms with van der Waals surface area (Å²) in [4.78, 5) is 21.8. The smallest absolute Gasteiger partial charge is 0.323 e. The Morgan fingerprint density at radius 2 is 1.94 bits per heavy atom. The van der Waals surface area contributed by atoms with E-state index in [0.29, 0.717) is 6.21 Å². The van der Waals surface area contributed by atoms with Gasteiger partial charge in [-0.1, -0.05) is 0 Å². The van der Waals surface area contributed by atoms with Crippen LogP contribution in [-0.4, -0.2) is 43.5 Å². The van der Waals surface area contributed by atoms with Gasteiger partial charge in [-0.25, -0.2) is 8.78 Å². The van der Waals surface area contributed by atoms with Crippen molar-refractivity contribution in [2.45, 2.75) is 25.0 Å². The fraction of sp³-hybridized carbons (Fsp3) is 0.667. The van der Waals surface area contributed by atoms with Crippen LogP contribution < -0.4 is 5.73 Å².